The molecule has 0 fully saturated rings. The van der Waals surface area contributed by atoms with Gasteiger partial charge in [-0.1, -0.05) is 218 Å². The first-order valence-electron chi connectivity index (χ1n) is 28.3. The van der Waals surface area contributed by atoms with E-state index in [1.54, 1.807) is 0 Å². The maximum atomic E-state index is 5.70. The summed E-state index contributed by atoms with van der Waals surface area (Å²) in [6, 6.07) is 109. The van der Waals surface area contributed by atoms with Crippen LogP contribution in [0.5, 0.6) is 0 Å². The largest absolute Gasteiger partial charge is 0.311 e. The van der Waals surface area contributed by atoms with Gasteiger partial charge >= 0.3 is 0 Å². The molecule has 14 aromatic rings. The Morgan fingerprint density at radius 3 is 0.807 bits per heavy atom. The Labute approximate surface area is 482 Å². The van der Waals surface area contributed by atoms with Crippen molar-refractivity contribution in [3.8, 4) is 78.7 Å². The predicted molar refractivity (Wildman–Crippen MR) is 347 cm³/mol. The van der Waals surface area contributed by atoms with Crippen LogP contribution in [0, 0.1) is 0 Å². The lowest BCUT2D eigenvalue weighted by Crippen LogP contribution is -2.61. The van der Waals surface area contributed by atoms with Gasteiger partial charge in [0.2, 0.25) is 0 Å². The smallest absolute Gasteiger partial charge is 0.252 e. The molecule has 0 unspecified atom stereocenters. The van der Waals surface area contributed by atoms with Crippen LogP contribution in [-0.4, -0.2) is 21.7 Å². The molecule has 1 aromatic heterocycles. The third-order valence-corrected chi connectivity index (χ3v) is 16.5. The summed E-state index contributed by atoms with van der Waals surface area (Å²) in [7, 11) is 0. The van der Waals surface area contributed by atoms with Crippen molar-refractivity contribution in [1.29, 1.82) is 0 Å². The van der Waals surface area contributed by atoms with E-state index in [-0.39, 0.29) is 6.71 Å². The van der Waals surface area contributed by atoms with E-state index in [9.17, 15) is 0 Å². The number of aromatic nitrogens is 3. The molecule has 16 rings (SSSR count). The van der Waals surface area contributed by atoms with Gasteiger partial charge in [0, 0.05) is 50.8 Å². The maximum Gasteiger partial charge on any atom is 0.252 e. The van der Waals surface area contributed by atoms with Crippen LogP contribution in [0.2, 0.25) is 0 Å². The fourth-order valence-electron chi connectivity index (χ4n) is 12.7. The molecule has 2 aliphatic heterocycles. The summed E-state index contributed by atoms with van der Waals surface area (Å²) < 4.78 is 0. The topological polar surface area (TPSA) is 45.2 Å². The molecule has 0 saturated carbocycles. The van der Waals surface area contributed by atoms with Gasteiger partial charge in [-0.25, -0.2) is 15.0 Å². The Hall–Kier alpha value is -10.9. The average Bonchev–Trinajstić information content (AvgIpc) is 3.29. The third-order valence-electron chi connectivity index (χ3n) is 16.5. The molecule has 0 spiro atoms. The first-order chi connectivity index (χ1) is 41.1. The van der Waals surface area contributed by atoms with Gasteiger partial charge < -0.3 is 9.80 Å². The van der Waals surface area contributed by atoms with Crippen LogP contribution in [0.1, 0.15) is 0 Å². The number of benzene rings is 13. The molecule has 6 heteroatoms. The lowest BCUT2D eigenvalue weighted by molar-refractivity contribution is 1.07. The number of nitrogens with zero attached hydrogens (tertiary/aromatic N) is 5. The van der Waals surface area contributed by atoms with Crippen LogP contribution < -0.4 is 26.2 Å². The Kier molecular flexibility index (Phi) is 11.6. The monoisotopic (exact) mass is 1060 g/mol. The highest BCUT2D eigenvalue weighted by Gasteiger charge is 2.44. The third kappa shape index (κ3) is 8.55. The van der Waals surface area contributed by atoms with Gasteiger partial charge in [-0.3, -0.25) is 0 Å². The molecule has 2 aliphatic rings. The van der Waals surface area contributed by atoms with Gasteiger partial charge in [0.05, 0.1) is 0 Å². The second-order valence-electron chi connectivity index (χ2n) is 21.6. The molecular formula is C77H50BN5. The molecule has 13 aromatic carbocycles. The van der Waals surface area contributed by atoms with Crippen molar-refractivity contribution in [1.82, 2.24) is 15.0 Å². The van der Waals surface area contributed by atoms with E-state index in [4.69, 9.17) is 15.0 Å². The van der Waals surface area contributed by atoms with E-state index in [0.717, 1.165) is 95.3 Å². The van der Waals surface area contributed by atoms with Gasteiger partial charge in [0.15, 0.2) is 17.5 Å². The number of rotatable bonds is 9. The van der Waals surface area contributed by atoms with E-state index < -0.39 is 0 Å². The van der Waals surface area contributed by atoms with Crippen LogP contribution >= 0.6 is 0 Å². The Balaban J connectivity index is 1.01. The lowest BCUT2D eigenvalue weighted by Gasteiger charge is -2.44. The van der Waals surface area contributed by atoms with Crippen molar-refractivity contribution in [3.05, 3.63) is 303 Å². The molecule has 0 N–H and O–H groups in total. The van der Waals surface area contributed by atoms with Gasteiger partial charge in [0.1, 0.15) is 0 Å². The van der Waals surface area contributed by atoms with E-state index in [1.807, 2.05) is 0 Å². The van der Waals surface area contributed by atoms with Gasteiger partial charge in [-0.15, -0.1) is 0 Å². The second kappa shape index (κ2) is 20.0. The zero-order chi connectivity index (χ0) is 54.8. The first kappa shape index (κ1) is 48.0. The van der Waals surface area contributed by atoms with Gasteiger partial charge in [-0.05, 0) is 167 Å². The van der Waals surface area contributed by atoms with Gasteiger partial charge in [-0.2, -0.15) is 0 Å². The van der Waals surface area contributed by atoms with E-state index >= 15 is 0 Å². The quantitative estimate of drug-likeness (QED) is 0.135. The van der Waals surface area contributed by atoms with Crippen molar-refractivity contribution < 1.29 is 0 Å². The number of hydrogen-bond acceptors (Lipinski definition) is 5. The minimum atomic E-state index is -0.119. The number of anilines is 6. The van der Waals surface area contributed by atoms with Gasteiger partial charge in [0.25, 0.3) is 6.71 Å². The Morgan fingerprint density at radius 2 is 0.482 bits per heavy atom. The maximum absolute atomic E-state index is 5.70. The van der Waals surface area contributed by atoms with Crippen molar-refractivity contribution in [3.63, 3.8) is 0 Å². The minimum Gasteiger partial charge on any atom is -0.311 e. The number of fused-ring (bicyclic) bond motifs is 6. The van der Waals surface area contributed by atoms with Crippen LogP contribution in [0.3, 0.4) is 0 Å². The standard InChI is InChI=1S/C77H50BN5/c1-7-23-51(24-8-1)59-39-60(52-25-9-2-10-26-52)42-63(41-59)75-79-76(64-43-61(53-27-11-3-12-28-53)40-62(44-64)54-29-13-4-14-30-54)81-77(80-75)65-49-72-74-73(50-65)83(67-37-17-6-18-38-67)71-48-58-34-22-20-32-56(58)46-69(71)78(74)68-45-55-31-19-21-33-57(55)47-70(68)82(72)66-35-15-5-16-36-66/h1-50H. The molecule has 0 radical (unpaired) electrons. The molecule has 83 heavy (non-hydrogen) atoms. The highest BCUT2D eigenvalue weighted by molar-refractivity contribution is 7.00. The zero-order valence-corrected chi connectivity index (χ0v) is 45.2. The van der Waals surface area contributed by atoms with Crippen molar-refractivity contribution >= 4 is 78.8 Å². The molecule has 0 atom stereocenters. The number of para-hydroxylation sites is 2. The molecular weight excluding hydrogens is 1010 g/mol. The Morgan fingerprint density at radius 1 is 0.217 bits per heavy atom. The van der Waals surface area contributed by atoms with Crippen molar-refractivity contribution in [2.75, 3.05) is 9.80 Å². The SMILES string of the molecule is c1ccc(-c2cc(-c3ccccc3)cc(-c3nc(-c4cc(-c5ccccc5)cc(-c5ccccc5)c4)nc(-c4cc5c6c(c4)N(c4ccccc4)c4cc7ccccc7cc4B6c4cc6ccccc6cc4N5c4ccccc4)n3)c2)cc1. The predicted octanol–water partition coefficient (Wildman–Crippen LogP) is 17.9. The van der Waals surface area contributed by atoms with Crippen molar-refractivity contribution in [2.24, 2.45) is 0 Å². The fourth-order valence-corrected chi connectivity index (χ4v) is 12.7. The Bertz CT molecular complexity index is 4380. The summed E-state index contributed by atoms with van der Waals surface area (Å²) in [5.41, 5.74) is 21.6. The van der Waals surface area contributed by atoms with E-state index in [0.29, 0.717) is 17.5 Å². The molecule has 0 aliphatic carbocycles. The van der Waals surface area contributed by atoms with Crippen molar-refractivity contribution in [2.45, 2.75) is 0 Å². The minimum absolute atomic E-state index is 0.119. The molecule has 386 valence electrons. The molecule has 0 bridgehead atoms. The number of hydrogen-bond donors (Lipinski definition) is 0. The zero-order valence-electron chi connectivity index (χ0n) is 45.2. The lowest BCUT2D eigenvalue weighted by atomic mass is 9.33. The van der Waals surface area contributed by atoms with Crippen LogP contribution in [-0.2, 0) is 0 Å². The second-order valence-corrected chi connectivity index (χ2v) is 21.6. The summed E-state index contributed by atoms with van der Waals surface area (Å²) >= 11 is 0. The van der Waals surface area contributed by atoms with Crippen LogP contribution in [0.15, 0.2) is 303 Å². The van der Waals surface area contributed by atoms with E-state index in [2.05, 4.69) is 313 Å². The van der Waals surface area contributed by atoms with Crippen LogP contribution in [0.4, 0.5) is 34.1 Å². The summed E-state index contributed by atoms with van der Waals surface area (Å²) in [4.78, 5) is 21.9. The van der Waals surface area contributed by atoms with Crippen LogP contribution in [0.25, 0.3) is 100 Å². The normalized spacial score (nSPS) is 12.3. The molecule has 0 amide bonds. The first-order valence-corrected chi connectivity index (χ1v) is 28.3. The fraction of sp³-hybridized carbons (Fsp3) is 0. The molecule has 5 nitrogen and oxygen atoms in total. The highest BCUT2D eigenvalue weighted by Crippen LogP contribution is 2.47. The summed E-state index contributed by atoms with van der Waals surface area (Å²) in [6.07, 6.45) is 0. The molecule has 0 saturated heterocycles. The summed E-state index contributed by atoms with van der Waals surface area (Å²) in [5.74, 6) is 1.71. The molecule has 3 heterocycles. The highest BCUT2D eigenvalue weighted by atomic mass is 15.2. The summed E-state index contributed by atoms with van der Waals surface area (Å²) in [5, 5.41) is 4.77. The van der Waals surface area contributed by atoms with E-state index in [1.165, 1.54) is 37.9 Å². The average molecular weight is 1060 g/mol. The summed E-state index contributed by atoms with van der Waals surface area (Å²) in [6.45, 7) is -0.119.